The number of alkyl halides is 3. The Morgan fingerprint density at radius 2 is 1.80 bits per heavy atom. The van der Waals surface area contributed by atoms with Crippen molar-refractivity contribution < 1.29 is 36.7 Å². The Bertz CT molecular complexity index is 1620. The van der Waals surface area contributed by atoms with Crippen molar-refractivity contribution in [3.63, 3.8) is 0 Å². The fourth-order valence-electron chi connectivity index (χ4n) is 5.69. The Kier molecular flexibility index (Phi) is 7.46. The van der Waals surface area contributed by atoms with E-state index >= 15 is 0 Å². The second kappa shape index (κ2) is 11.1. The van der Waals surface area contributed by atoms with Gasteiger partial charge in [-0.3, -0.25) is 0 Å². The quantitative estimate of drug-likeness (QED) is 0.258. The minimum atomic E-state index is -4.74. The van der Waals surface area contributed by atoms with E-state index in [1.54, 1.807) is 39.0 Å². The molecule has 2 aliphatic rings. The number of tetrazole rings is 1. The summed E-state index contributed by atoms with van der Waals surface area (Å²) in [6.45, 7) is 6.42. The molecule has 14 heteroatoms. The van der Waals surface area contributed by atoms with E-state index in [9.17, 15) is 18.0 Å². The molecular formula is C30H31F3N6O5. The summed E-state index contributed by atoms with van der Waals surface area (Å²) in [7, 11) is 0. The topological polar surface area (TPSA) is 118 Å². The van der Waals surface area contributed by atoms with Gasteiger partial charge in [0.05, 0.1) is 0 Å². The number of esters is 1. The van der Waals surface area contributed by atoms with Crippen LogP contribution in [0, 0.1) is 0 Å². The smallest absolute Gasteiger partial charge is 0.487 e. The molecule has 4 aromatic rings. The molecule has 0 aliphatic carbocycles. The van der Waals surface area contributed by atoms with Gasteiger partial charge in [0.2, 0.25) is 11.6 Å². The van der Waals surface area contributed by atoms with Crippen molar-refractivity contribution in [1.29, 1.82) is 0 Å². The van der Waals surface area contributed by atoms with Crippen molar-refractivity contribution in [2.45, 2.75) is 70.1 Å². The third-order valence-electron chi connectivity index (χ3n) is 7.57. The van der Waals surface area contributed by atoms with E-state index in [2.05, 4.69) is 30.2 Å². The summed E-state index contributed by atoms with van der Waals surface area (Å²) in [5, 5.41) is 16.3. The van der Waals surface area contributed by atoms with Crippen molar-refractivity contribution >= 4 is 11.8 Å². The number of ether oxygens (including phenoxy) is 3. The zero-order valence-electron chi connectivity index (χ0n) is 24.4. The predicted octanol–water partition coefficient (Wildman–Crippen LogP) is 5.52. The lowest BCUT2D eigenvalue weighted by atomic mass is 9.75. The number of carbonyl (C=O) groups excluding carboxylic acids is 1. The summed E-state index contributed by atoms with van der Waals surface area (Å²) in [6.07, 6.45) is -2.68. The first-order chi connectivity index (χ1) is 20.8. The second-order valence-electron chi connectivity index (χ2n) is 12.0. The van der Waals surface area contributed by atoms with Gasteiger partial charge in [-0.1, -0.05) is 35.5 Å². The van der Waals surface area contributed by atoms with E-state index in [0.29, 0.717) is 43.9 Å². The average molecular weight is 613 g/mol. The summed E-state index contributed by atoms with van der Waals surface area (Å²) in [6, 6.07) is 15.6. The number of halogens is 3. The van der Waals surface area contributed by atoms with Crippen molar-refractivity contribution in [2.75, 3.05) is 18.0 Å². The first-order valence-corrected chi connectivity index (χ1v) is 14.2. The Morgan fingerprint density at radius 3 is 2.50 bits per heavy atom. The average Bonchev–Trinajstić information content (AvgIpc) is 3.62. The number of carbonyl (C=O) groups is 1. The Labute approximate surface area is 250 Å². The molecule has 1 spiro atoms. The fourth-order valence-corrected chi connectivity index (χ4v) is 5.69. The molecule has 1 saturated heterocycles. The maximum absolute atomic E-state index is 12.7. The van der Waals surface area contributed by atoms with Gasteiger partial charge < -0.3 is 23.6 Å². The first-order valence-electron chi connectivity index (χ1n) is 14.2. The molecule has 2 aromatic carbocycles. The predicted molar refractivity (Wildman–Crippen MR) is 150 cm³/mol. The van der Waals surface area contributed by atoms with Crippen molar-refractivity contribution in [2.24, 2.45) is 0 Å². The van der Waals surface area contributed by atoms with Gasteiger partial charge in [-0.05, 0) is 56.2 Å². The molecule has 4 heterocycles. The summed E-state index contributed by atoms with van der Waals surface area (Å²) in [4.78, 5) is 15.3. The summed E-state index contributed by atoms with van der Waals surface area (Å²) >= 11 is 0. The summed E-state index contributed by atoms with van der Waals surface area (Å²) in [5.74, 6) is 1.11. The van der Waals surface area contributed by atoms with Crippen LogP contribution in [0.2, 0.25) is 0 Å². The molecular weight excluding hydrogens is 581 g/mol. The zero-order valence-corrected chi connectivity index (χ0v) is 24.4. The van der Waals surface area contributed by atoms with E-state index in [0.717, 1.165) is 21.7 Å². The number of rotatable bonds is 6. The highest BCUT2D eigenvalue weighted by Gasteiger charge is 2.44. The number of nitrogens with zero attached hydrogens (tertiary/aromatic N) is 6. The van der Waals surface area contributed by atoms with Gasteiger partial charge in [-0.25, -0.2) is 4.79 Å². The number of aromatic nitrogens is 5. The minimum absolute atomic E-state index is 0.0561. The van der Waals surface area contributed by atoms with Crippen LogP contribution in [0.25, 0.3) is 11.6 Å². The molecule has 0 N–H and O–H groups in total. The van der Waals surface area contributed by atoms with Crippen molar-refractivity contribution in [3.8, 4) is 23.1 Å². The first kappa shape index (κ1) is 29.5. The van der Waals surface area contributed by atoms with Crippen molar-refractivity contribution in [3.05, 3.63) is 65.7 Å². The Hall–Kier alpha value is -4.62. The van der Waals surface area contributed by atoms with Crippen LogP contribution in [0.3, 0.4) is 0 Å². The molecule has 44 heavy (non-hydrogen) atoms. The van der Waals surface area contributed by atoms with Crippen LogP contribution < -0.4 is 14.4 Å². The number of para-hydroxylation sites is 1. The van der Waals surface area contributed by atoms with E-state index in [1.807, 2.05) is 24.3 Å². The van der Waals surface area contributed by atoms with Gasteiger partial charge in [-0.2, -0.15) is 4.80 Å². The molecule has 2 aromatic heterocycles. The summed E-state index contributed by atoms with van der Waals surface area (Å²) in [5.41, 5.74) is 0.805. The zero-order chi connectivity index (χ0) is 31.1. The molecule has 0 bridgehead atoms. The third kappa shape index (κ3) is 6.63. The lowest BCUT2D eigenvalue weighted by molar-refractivity contribution is -0.274. The van der Waals surface area contributed by atoms with Crippen LogP contribution in [0.4, 0.5) is 19.0 Å². The highest BCUT2D eigenvalue weighted by Crippen LogP contribution is 2.48. The summed E-state index contributed by atoms with van der Waals surface area (Å²) < 4.78 is 59.5. The van der Waals surface area contributed by atoms with Crippen LogP contribution in [0.5, 0.6) is 11.5 Å². The van der Waals surface area contributed by atoms with Gasteiger partial charge in [-0.15, -0.1) is 23.4 Å². The fraction of sp³-hybridized carbons (Fsp3) is 0.433. The monoisotopic (exact) mass is 612 g/mol. The van der Waals surface area contributed by atoms with Gasteiger partial charge in [0.25, 0.3) is 0 Å². The largest absolute Gasteiger partial charge is 0.573 e. The maximum atomic E-state index is 12.7. The lowest BCUT2D eigenvalue weighted by Gasteiger charge is -2.47. The molecule has 0 saturated carbocycles. The van der Waals surface area contributed by atoms with Crippen LogP contribution in [-0.4, -0.2) is 62.0 Å². The van der Waals surface area contributed by atoms with Gasteiger partial charge >= 0.3 is 12.3 Å². The standard InChI is InChI=1S/C30H31F3N6O5/c1-28(2,3)43-26(40)18-39-35-27(34-37-39)24-16-25(36-44-24)38-14-12-29(13-15-38)17-22(21-6-4-5-7-23(21)42-29)19-8-10-20(11-9-19)41-30(31,32)33/h4-11,16,22H,12-15,17-18H2,1-3H3. The molecule has 2 aliphatic heterocycles. The number of anilines is 1. The Balaban J connectivity index is 1.13. The number of benzene rings is 2. The number of hydrogen-bond acceptors (Lipinski definition) is 10. The second-order valence-corrected chi connectivity index (χ2v) is 12.0. The van der Waals surface area contributed by atoms with Crippen molar-refractivity contribution in [1.82, 2.24) is 25.4 Å². The van der Waals surface area contributed by atoms with Crippen LogP contribution >= 0.6 is 0 Å². The molecule has 232 valence electrons. The van der Waals surface area contributed by atoms with Crippen LogP contribution in [-0.2, 0) is 16.1 Å². The Morgan fingerprint density at radius 1 is 1.07 bits per heavy atom. The van der Waals surface area contributed by atoms with Gasteiger partial charge in [0.1, 0.15) is 22.7 Å². The normalized spacial score (nSPS) is 18.0. The van der Waals surface area contributed by atoms with E-state index in [4.69, 9.17) is 14.0 Å². The number of fused-ring (bicyclic) bond motifs is 1. The molecule has 1 atom stereocenters. The number of piperidine rings is 1. The molecule has 11 nitrogen and oxygen atoms in total. The molecule has 0 amide bonds. The molecule has 6 rings (SSSR count). The van der Waals surface area contributed by atoms with Gasteiger partial charge in [0, 0.05) is 43.5 Å². The molecule has 1 fully saturated rings. The highest BCUT2D eigenvalue weighted by atomic mass is 19.4. The van der Waals surface area contributed by atoms with Gasteiger partial charge in [0.15, 0.2) is 12.4 Å². The molecule has 1 unspecified atom stereocenters. The van der Waals surface area contributed by atoms with E-state index < -0.39 is 23.5 Å². The highest BCUT2D eigenvalue weighted by molar-refractivity contribution is 5.69. The molecule has 0 radical (unpaired) electrons. The minimum Gasteiger partial charge on any atom is -0.487 e. The lowest BCUT2D eigenvalue weighted by Crippen LogP contribution is -2.50. The third-order valence-corrected chi connectivity index (χ3v) is 7.57. The number of hydrogen-bond donors (Lipinski definition) is 0. The van der Waals surface area contributed by atoms with E-state index in [1.165, 1.54) is 12.1 Å². The van der Waals surface area contributed by atoms with Crippen LogP contribution in [0.15, 0.2) is 59.1 Å². The SMILES string of the molecule is CC(C)(C)OC(=O)Cn1nnc(-c2cc(N3CCC4(CC3)CC(c3ccc(OC(F)(F)F)cc3)c3ccccc3O4)no2)n1. The maximum Gasteiger partial charge on any atom is 0.573 e. The van der Waals surface area contributed by atoms with E-state index in [-0.39, 0.29) is 24.0 Å². The van der Waals surface area contributed by atoms with Crippen LogP contribution in [0.1, 0.15) is 57.1 Å².